The molecule has 0 spiro atoms. The first-order chi connectivity index (χ1) is 11.6. The normalized spacial score (nSPS) is 11.3. The fourth-order valence-corrected chi connectivity index (χ4v) is 2.90. The van der Waals surface area contributed by atoms with Gasteiger partial charge in [0.05, 0.1) is 29.0 Å². The molecule has 0 aliphatic heterocycles. The molecule has 1 atom stereocenters. The molecule has 0 saturated carbocycles. The first kappa shape index (κ1) is 17.6. The third-order valence-electron chi connectivity index (χ3n) is 3.42. The van der Waals surface area contributed by atoms with Crippen LogP contribution in [0, 0.1) is 11.3 Å². The Balaban J connectivity index is 2.29. The number of esters is 1. The number of thiophene rings is 1. The summed E-state index contributed by atoms with van der Waals surface area (Å²) in [4.78, 5) is 37.1. The molecule has 1 aromatic carbocycles. The molecule has 2 rings (SSSR count). The number of Topliss-reactive ketones (excluding diaryl/α,β-unsaturated/α-hetero) is 2. The molecule has 1 heterocycles. The summed E-state index contributed by atoms with van der Waals surface area (Å²) in [6.07, 6.45) is -0.121. The van der Waals surface area contributed by atoms with Crippen molar-refractivity contribution in [2.24, 2.45) is 0 Å². The zero-order valence-corrected chi connectivity index (χ0v) is 13.8. The molecule has 122 valence electrons. The second kappa shape index (κ2) is 8.18. The third-order valence-corrected chi connectivity index (χ3v) is 4.33. The Morgan fingerprint density at radius 2 is 1.92 bits per heavy atom. The summed E-state index contributed by atoms with van der Waals surface area (Å²) in [6.45, 7) is 1.70. The lowest BCUT2D eigenvalue weighted by atomic mass is 9.89. The molecule has 5 nitrogen and oxygen atoms in total. The molecule has 6 heteroatoms. The van der Waals surface area contributed by atoms with Gasteiger partial charge in [-0.2, -0.15) is 5.26 Å². The quantitative estimate of drug-likeness (QED) is 0.439. The third kappa shape index (κ3) is 4.15. The average molecular weight is 341 g/mol. The zero-order chi connectivity index (χ0) is 17.5. The smallest absolute Gasteiger partial charge is 0.375 e. The lowest BCUT2D eigenvalue weighted by Gasteiger charge is -2.14. The highest BCUT2D eigenvalue weighted by Gasteiger charge is 2.30. The Hall–Kier alpha value is -2.78. The molecule has 0 aliphatic rings. The van der Waals surface area contributed by atoms with E-state index in [4.69, 9.17) is 10.00 Å². The highest BCUT2D eigenvalue weighted by atomic mass is 32.1. The van der Waals surface area contributed by atoms with Crippen LogP contribution in [-0.2, 0) is 14.3 Å². The number of rotatable bonds is 7. The second-order valence-corrected chi connectivity index (χ2v) is 5.92. The first-order valence-corrected chi connectivity index (χ1v) is 8.22. The minimum atomic E-state index is -0.953. The van der Waals surface area contributed by atoms with E-state index in [0.29, 0.717) is 16.0 Å². The van der Waals surface area contributed by atoms with Gasteiger partial charge in [0, 0.05) is 6.42 Å². The van der Waals surface area contributed by atoms with E-state index in [2.05, 4.69) is 0 Å². The van der Waals surface area contributed by atoms with Crippen molar-refractivity contribution in [3.63, 3.8) is 0 Å². The van der Waals surface area contributed by atoms with Crippen LogP contribution in [0.15, 0.2) is 41.8 Å². The van der Waals surface area contributed by atoms with Crippen LogP contribution in [0.2, 0.25) is 0 Å². The lowest BCUT2D eigenvalue weighted by Crippen LogP contribution is -2.26. The molecule has 0 fully saturated rings. The van der Waals surface area contributed by atoms with E-state index in [1.54, 1.807) is 48.7 Å². The predicted octanol–water partition coefficient (Wildman–Crippen LogP) is 3.11. The second-order valence-electron chi connectivity index (χ2n) is 4.98. The number of hydrogen-bond donors (Lipinski definition) is 0. The maximum absolute atomic E-state index is 12.4. The van der Waals surface area contributed by atoms with E-state index in [0.717, 1.165) is 0 Å². The number of nitrogens with zero attached hydrogens (tertiary/aromatic N) is 1. The summed E-state index contributed by atoms with van der Waals surface area (Å²) in [5.41, 5.74) is 0.947. The van der Waals surface area contributed by atoms with Gasteiger partial charge in [0.2, 0.25) is 5.78 Å². The number of benzene rings is 1. The summed E-state index contributed by atoms with van der Waals surface area (Å²) in [5.74, 6) is -2.85. The summed E-state index contributed by atoms with van der Waals surface area (Å²) < 4.78 is 4.77. The summed E-state index contributed by atoms with van der Waals surface area (Å²) >= 11 is 1.28. The topological polar surface area (TPSA) is 84.2 Å². The van der Waals surface area contributed by atoms with Crippen LogP contribution in [0.1, 0.15) is 40.1 Å². The van der Waals surface area contributed by atoms with E-state index >= 15 is 0 Å². The van der Waals surface area contributed by atoms with Crippen LogP contribution in [0.5, 0.6) is 0 Å². The van der Waals surface area contributed by atoms with Crippen molar-refractivity contribution < 1.29 is 19.1 Å². The highest BCUT2D eigenvalue weighted by molar-refractivity contribution is 7.12. The van der Waals surface area contributed by atoms with Crippen molar-refractivity contribution in [3.8, 4) is 6.07 Å². The van der Waals surface area contributed by atoms with Gasteiger partial charge < -0.3 is 4.74 Å². The van der Waals surface area contributed by atoms with Crippen LogP contribution < -0.4 is 0 Å². The number of nitriles is 1. The standard InChI is InChI=1S/C18H15NO4S/c1-2-23-18(22)17(21)14(10-15(20)16-4-3-9-24-16)13-7-5-12(11-19)6-8-13/h3-9,14H,2,10H2,1H3. The maximum atomic E-state index is 12.4. The van der Waals surface area contributed by atoms with Gasteiger partial charge in [-0.15, -0.1) is 11.3 Å². The Labute approximate surface area is 143 Å². The Kier molecular flexibility index (Phi) is 5.99. The van der Waals surface area contributed by atoms with Crippen molar-refractivity contribution in [2.75, 3.05) is 6.61 Å². The number of ether oxygens (including phenoxy) is 1. The van der Waals surface area contributed by atoms with Crippen molar-refractivity contribution in [3.05, 3.63) is 57.8 Å². The molecule has 0 amide bonds. The Morgan fingerprint density at radius 1 is 1.21 bits per heavy atom. The highest BCUT2D eigenvalue weighted by Crippen LogP contribution is 2.25. The molecule has 0 bridgehead atoms. The summed E-state index contributed by atoms with van der Waals surface area (Å²) in [6, 6.07) is 11.7. The molecule has 0 aliphatic carbocycles. The molecular weight excluding hydrogens is 326 g/mol. The predicted molar refractivity (Wildman–Crippen MR) is 88.8 cm³/mol. The monoisotopic (exact) mass is 341 g/mol. The van der Waals surface area contributed by atoms with Gasteiger partial charge in [-0.1, -0.05) is 18.2 Å². The van der Waals surface area contributed by atoms with Gasteiger partial charge in [0.15, 0.2) is 5.78 Å². The van der Waals surface area contributed by atoms with E-state index < -0.39 is 17.7 Å². The molecule has 0 radical (unpaired) electrons. The van der Waals surface area contributed by atoms with E-state index in [9.17, 15) is 14.4 Å². The minimum absolute atomic E-state index is 0.0868. The van der Waals surface area contributed by atoms with Crippen molar-refractivity contribution in [1.82, 2.24) is 0 Å². The molecule has 0 N–H and O–H groups in total. The van der Waals surface area contributed by atoms with Crippen molar-refractivity contribution in [2.45, 2.75) is 19.3 Å². The van der Waals surface area contributed by atoms with E-state index in [1.165, 1.54) is 11.3 Å². The average Bonchev–Trinajstić information content (AvgIpc) is 3.14. The minimum Gasteiger partial charge on any atom is -0.460 e. The largest absolute Gasteiger partial charge is 0.460 e. The lowest BCUT2D eigenvalue weighted by molar-refractivity contribution is -0.154. The number of carbonyl (C=O) groups excluding carboxylic acids is 3. The Morgan fingerprint density at radius 3 is 2.46 bits per heavy atom. The van der Waals surface area contributed by atoms with Crippen LogP contribution in [0.4, 0.5) is 0 Å². The SMILES string of the molecule is CCOC(=O)C(=O)C(CC(=O)c1cccs1)c1ccc(C#N)cc1. The van der Waals surface area contributed by atoms with Gasteiger partial charge in [-0.25, -0.2) is 4.79 Å². The number of hydrogen-bond acceptors (Lipinski definition) is 6. The molecule has 0 saturated heterocycles. The van der Waals surface area contributed by atoms with Crippen molar-refractivity contribution >= 4 is 28.9 Å². The van der Waals surface area contributed by atoms with Gasteiger partial charge in [-0.05, 0) is 36.1 Å². The van der Waals surface area contributed by atoms with Gasteiger partial charge in [-0.3, -0.25) is 9.59 Å². The maximum Gasteiger partial charge on any atom is 0.375 e. The Bertz CT molecular complexity index is 772. The van der Waals surface area contributed by atoms with E-state index in [1.807, 2.05) is 6.07 Å². The molecular formula is C18H15NO4S. The van der Waals surface area contributed by atoms with Gasteiger partial charge >= 0.3 is 5.97 Å². The number of carbonyl (C=O) groups is 3. The molecule has 1 unspecified atom stereocenters. The zero-order valence-electron chi connectivity index (χ0n) is 13.0. The molecule has 1 aromatic heterocycles. The fraction of sp³-hybridized carbons (Fsp3) is 0.222. The van der Waals surface area contributed by atoms with Crippen molar-refractivity contribution in [1.29, 1.82) is 5.26 Å². The molecule has 24 heavy (non-hydrogen) atoms. The van der Waals surface area contributed by atoms with Crippen LogP contribution in [0.25, 0.3) is 0 Å². The van der Waals surface area contributed by atoms with Gasteiger partial charge in [0.1, 0.15) is 0 Å². The fourth-order valence-electron chi connectivity index (χ4n) is 2.22. The molecule has 2 aromatic rings. The van der Waals surface area contributed by atoms with E-state index in [-0.39, 0.29) is 18.8 Å². The summed E-state index contributed by atoms with van der Waals surface area (Å²) in [7, 11) is 0. The number of ketones is 2. The van der Waals surface area contributed by atoms with Crippen LogP contribution in [-0.4, -0.2) is 24.1 Å². The van der Waals surface area contributed by atoms with Crippen LogP contribution in [0.3, 0.4) is 0 Å². The first-order valence-electron chi connectivity index (χ1n) is 7.34. The van der Waals surface area contributed by atoms with Crippen LogP contribution >= 0.6 is 11.3 Å². The van der Waals surface area contributed by atoms with Gasteiger partial charge in [0.25, 0.3) is 0 Å². The summed E-state index contributed by atoms with van der Waals surface area (Å²) in [5, 5.41) is 10.6.